The van der Waals surface area contributed by atoms with Crippen molar-refractivity contribution in [2.45, 2.75) is 48.9 Å². The molecule has 214 valence electrons. The number of nitrogens with zero attached hydrogens (tertiary/aromatic N) is 2. The molecule has 2 aliphatic heterocycles. The van der Waals surface area contributed by atoms with Gasteiger partial charge < -0.3 is 5.32 Å². The number of nitrogens with one attached hydrogen (secondary N) is 1. The molecule has 3 heterocycles. The molecular weight excluding hydrogens is 590 g/mol. The Morgan fingerprint density at radius 2 is 1.57 bits per heavy atom. The lowest BCUT2D eigenvalue weighted by atomic mass is 9.81. The molecule has 1 aromatic heterocycles. The van der Waals surface area contributed by atoms with Crippen molar-refractivity contribution in [3.05, 3.63) is 110 Å². The van der Waals surface area contributed by atoms with Crippen LogP contribution in [0.25, 0.3) is 0 Å². The normalized spacial score (nSPS) is 19.9. The van der Waals surface area contributed by atoms with Crippen LogP contribution in [0.4, 0.5) is 11.4 Å². The molecule has 7 nitrogen and oxygen atoms in total. The Morgan fingerprint density at radius 1 is 0.905 bits per heavy atom. The Balaban J connectivity index is 1.43. The van der Waals surface area contributed by atoms with Crippen molar-refractivity contribution in [2.24, 2.45) is 5.92 Å². The van der Waals surface area contributed by atoms with Crippen molar-refractivity contribution in [3.63, 3.8) is 0 Å². The molecule has 0 spiro atoms. The zero-order valence-corrected chi connectivity index (χ0v) is 25.6. The average molecular weight is 618 g/mol. The van der Waals surface area contributed by atoms with Crippen LogP contribution in [0.1, 0.15) is 42.7 Å². The highest BCUT2D eigenvalue weighted by atomic mass is 35.5. The average Bonchev–Trinajstić information content (AvgIpc) is 3.40. The zero-order valence-electron chi connectivity index (χ0n) is 23.2. The van der Waals surface area contributed by atoms with Gasteiger partial charge in [-0.25, -0.2) is 4.90 Å². The third kappa shape index (κ3) is 5.10. The van der Waals surface area contributed by atoms with E-state index in [0.717, 1.165) is 22.5 Å². The monoisotopic (exact) mass is 617 g/mol. The Labute approximate surface area is 256 Å². The van der Waals surface area contributed by atoms with Gasteiger partial charge in [0.25, 0.3) is 0 Å². The van der Waals surface area contributed by atoms with Crippen molar-refractivity contribution in [2.75, 3.05) is 10.2 Å². The summed E-state index contributed by atoms with van der Waals surface area (Å²) in [7, 11) is 0. The molecule has 6 rings (SSSR count). The number of amides is 3. The molecule has 0 saturated carbocycles. The van der Waals surface area contributed by atoms with Crippen LogP contribution in [0.15, 0.2) is 88.7 Å². The fourth-order valence-corrected chi connectivity index (χ4v) is 8.41. The van der Waals surface area contributed by atoms with Crippen LogP contribution < -0.4 is 15.1 Å². The number of rotatable bonds is 5. The fourth-order valence-electron chi connectivity index (χ4n) is 5.52. The van der Waals surface area contributed by atoms with E-state index in [-0.39, 0.29) is 34.6 Å². The lowest BCUT2D eigenvalue weighted by molar-refractivity contribution is -0.122. The van der Waals surface area contributed by atoms with Gasteiger partial charge in [0.1, 0.15) is 11.8 Å². The van der Waals surface area contributed by atoms with Crippen molar-refractivity contribution >= 4 is 63.8 Å². The summed E-state index contributed by atoms with van der Waals surface area (Å²) in [6.07, 6.45) is 0. The van der Waals surface area contributed by atoms with Crippen molar-refractivity contribution in [1.82, 2.24) is 4.57 Å². The van der Waals surface area contributed by atoms with Crippen LogP contribution in [0.3, 0.4) is 0 Å². The fraction of sp³-hybridized carbons (Fsp3) is 0.250. The van der Waals surface area contributed by atoms with E-state index >= 15 is 0 Å². The number of halogens is 1. The molecule has 3 amide bonds. The standard InChI is InChI=1S/C32H28ClN3O4S2/c1-32(2,3)19-11-9-18(10-12-19)24-25-26(29(39)36(28(25)38)22-15-13-20(33)14-16-22)41-30-27(24)42-31(40)35(30)17-23(37)34-21-7-5-4-6-8-21/h4-16,24-26H,17H2,1-3H3,(H,34,37)/t24-,25-,26+/m0/s1. The van der Waals surface area contributed by atoms with E-state index in [9.17, 15) is 19.2 Å². The Morgan fingerprint density at radius 3 is 2.21 bits per heavy atom. The maximum absolute atomic E-state index is 14.0. The number of imide groups is 1. The number of fused-ring (bicyclic) bond motifs is 2. The summed E-state index contributed by atoms with van der Waals surface area (Å²) in [4.78, 5) is 55.9. The second-order valence-corrected chi connectivity index (χ2v) is 14.0. The summed E-state index contributed by atoms with van der Waals surface area (Å²) >= 11 is 8.31. The molecule has 1 fully saturated rings. The van der Waals surface area contributed by atoms with Crippen molar-refractivity contribution in [3.8, 4) is 0 Å². The van der Waals surface area contributed by atoms with Crippen LogP contribution in [0, 0.1) is 5.92 Å². The predicted molar refractivity (Wildman–Crippen MR) is 168 cm³/mol. The first-order valence-electron chi connectivity index (χ1n) is 13.5. The topological polar surface area (TPSA) is 88.5 Å². The molecule has 0 unspecified atom stereocenters. The highest BCUT2D eigenvalue weighted by molar-refractivity contribution is 8.00. The first-order chi connectivity index (χ1) is 20.0. The van der Waals surface area contributed by atoms with Gasteiger partial charge in [0.15, 0.2) is 0 Å². The summed E-state index contributed by atoms with van der Waals surface area (Å²) in [6.45, 7) is 6.18. The van der Waals surface area contributed by atoms with Crippen molar-refractivity contribution < 1.29 is 14.4 Å². The number of anilines is 2. The molecule has 3 atom stereocenters. The molecule has 4 aromatic rings. The van der Waals surface area contributed by atoms with E-state index in [2.05, 4.69) is 26.1 Å². The van der Waals surface area contributed by atoms with Gasteiger partial charge in [-0.3, -0.25) is 23.7 Å². The van der Waals surface area contributed by atoms with E-state index in [1.165, 1.54) is 21.2 Å². The number of hydrogen-bond donors (Lipinski definition) is 1. The van der Waals surface area contributed by atoms with E-state index < -0.39 is 17.1 Å². The summed E-state index contributed by atoms with van der Waals surface area (Å²) in [5.41, 5.74) is 2.99. The van der Waals surface area contributed by atoms with Gasteiger partial charge in [-0.1, -0.05) is 97.9 Å². The number of thiazole rings is 1. The van der Waals surface area contributed by atoms with Gasteiger partial charge in [0, 0.05) is 21.5 Å². The number of carbonyl (C=O) groups excluding carboxylic acids is 3. The minimum absolute atomic E-state index is 0.0700. The molecule has 1 saturated heterocycles. The molecule has 10 heteroatoms. The third-order valence-corrected chi connectivity index (χ3v) is 10.5. The first kappa shape index (κ1) is 28.5. The minimum atomic E-state index is -0.759. The van der Waals surface area contributed by atoms with Crippen LogP contribution in [-0.4, -0.2) is 27.5 Å². The van der Waals surface area contributed by atoms with Gasteiger partial charge in [-0.05, 0) is 52.9 Å². The maximum atomic E-state index is 14.0. The van der Waals surface area contributed by atoms with Gasteiger partial charge in [0.2, 0.25) is 17.7 Å². The van der Waals surface area contributed by atoms with E-state index in [1.807, 2.05) is 42.5 Å². The summed E-state index contributed by atoms with van der Waals surface area (Å²) in [6, 6.07) is 23.7. The van der Waals surface area contributed by atoms with Gasteiger partial charge in [0.05, 0.1) is 16.6 Å². The van der Waals surface area contributed by atoms with E-state index in [1.54, 1.807) is 36.4 Å². The number of carbonyl (C=O) groups is 3. The maximum Gasteiger partial charge on any atom is 0.308 e. The number of para-hydroxylation sites is 1. The highest BCUT2D eigenvalue weighted by Gasteiger charge is 2.56. The van der Waals surface area contributed by atoms with Gasteiger partial charge >= 0.3 is 4.87 Å². The summed E-state index contributed by atoms with van der Waals surface area (Å²) in [5, 5.41) is 3.13. The van der Waals surface area contributed by atoms with E-state index in [0.29, 0.717) is 26.3 Å². The predicted octanol–water partition coefficient (Wildman–Crippen LogP) is 6.30. The minimum Gasteiger partial charge on any atom is -0.325 e. The second-order valence-electron chi connectivity index (χ2n) is 11.4. The first-order valence-corrected chi connectivity index (χ1v) is 15.6. The van der Waals surface area contributed by atoms with Crippen LogP contribution >= 0.6 is 34.7 Å². The van der Waals surface area contributed by atoms with Crippen LogP contribution in [0.2, 0.25) is 5.02 Å². The van der Waals surface area contributed by atoms with Crippen molar-refractivity contribution in [1.29, 1.82) is 0 Å². The molecule has 3 aromatic carbocycles. The Hall–Kier alpha value is -3.66. The summed E-state index contributed by atoms with van der Waals surface area (Å²) < 4.78 is 1.43. The molecular formula is C32H28ClN3O4S2. The van der Waals surface area contributed by atoms with Gasteiger partial charge in [-0.2, -0.15) is 0 Å². The van der Waals surface area contributed by atoms with Gasteiger partial charge in [-0.15, -0.1) is 0 Å². The Kier molecular flexibility index (Phi) is 7.37. The van der Waals surface area contributed by atoms with E-state index in [4.69, 9.17) is 11.6 Å². The lowest BCUT2D eigenvalue weighted by Crippen LogP contribution is -2.33. The van der Waals surface area contributed by atoms with Crippen LogP contribution in [0.5, 0.6) is 0 Å². The number of hydrogen-bond acceptors (Lipinski definition) is 6. The molecule has 0 bridgehead atoms. The highest BCUT2D eigenvalue weighted by Crippen LogP contribution is 2.54. The summed E-state index contributed by atoms with van der Waals surface area (Å²) in [5.74, 6) is -2.25. The second kappa shape index (κ2) is 10.9. The zero-order chi connectivity index (χ0) is 29.8. The molecule has 42 heavy (non-hydrogen) atoms. The number of thioether (sulfide) groups is 1. The largest absolute Gasteiger partial charge is 0.325 e. The quantitative estimate of drug-likeness (QED) is 0.266. The number of aromatic nitrogens is 1. The number of benzene rings is 3. The molecule has 2 aliphatic rings. The molecule has 0 radical (unpaired) electrons. The lowest BCUT2D eigenvalue weighted by Gasteiger charge is -2.31. The molecule has 0 aliphatic carbocycles. The van der Waals surface area contributed by atoms with Crippen LogP contribution in [-0.2, 0) is 26.3 Å². The smallest absolute Gasteiger partial charge is 0.308 e. The third-order valence-electron chi connectivity index (χ3n) is 7.63. The SMILES string of the molecule is CC(C)(C)c1ccc([C@@H]2c3sc(=O)n(CC(=O)Nc4ccccc4)c3S[C@H]3C(=O)N(c4ccc(Cl)cc4)C(=O)[C@@H]23)cc1. The molecule has 1 N–H and O–H groups in total. The Bertz CT molecular complexity index is 1740.